The summed E-state index contributed by atoms with van der Waals surface area (Å²) < 4.78 is 10.6. The van der Waals surface area contributed by atoms with Gasteiger partial charge in [0, 0.05) is 24.7 Å². The Balaban J connectivity index is 1.15. The summed E-state index contributed by atoms with van der Waals surface area (Å²) >= 11 is 0. The van der Waals surface area contributed by atoms with Gasteiger partial charge in [-0.1, -0.05) is 24.3 Å². The third kappa shape index (κ3) is 5.66. The van der Waals surface area contributed by atoms with Crippen LogP contribution < -0.4 is 10.1 Å². The lowest BCUT2D eigenvalue weighted by atomic mass is 9.95. The lowest BCUT2D eigenvalue weighted by Gasteiger charge is -2.31. The van der Waals surface area contributed by atoms with E-state index in [4.69, 9.17) is 9.47 Å². The Morgan fingerprint density at radius 3 is 2.47 bits per heavy atom. The third-order valence-electron chi connectivity index (χ3n) is 6.04. The molecule has 2 aliphatic rings. The van der Waals surface area contributed by atoms with Gasteiger partial charge in [-0.05, 0) is 67.5 Å². The summed E-state index contributed by atoms with van der Waals surface area (Å²) in [7, 11) is 0. The van der Waals surface area contributed by atoms with Crippen LogP contribution in [0.3, 0.4) is 0 Å². The molecule has 1 saturated heterocycles. The Morgan fingerprint density at radius 2 is 1.69 bits per heavy atom. The summed E-state index contributed by atoms with van der Waals surface area (Å²) in [5.41, 5.74) is 3.38. The predicted molar refractivity (Wildman–Crippen MR) is 119 cm³/mol. The van der Waals surface area contributed by atoms with E-state index in [0.717, 1.165) is 24.9 Å². The van der Waals surface area contributed by atoms with E-state index < -0.39 is 5.97 Å². The third-order valence-corrected chi connectivity index (χ3v) is 6.04. The number of carbonyl (C=O) groups is 3. The summed E-state index contributed by atoms with van der Waals surface area (Å²) in [4.78, 5) is 38.4. The van der Waals surface area contributed by atoms with Crippen molar-refractivity contribution in [3.8, 4) is 5.75 Å². The molecule has 1 aliphatic heterocycles. The highest BCUT2D eigenvalue weighted by Gasteiger charge is 2.27. The highest BCUT2D eigenvalue weighted by Crippen LogP contribution is 2.26. The number of piperidine rings is 1. The molecule has 2 aromatic rings. The van der Waals surface area contributed by atoms with Crippen LogP contribution in [0.2, 0.25) is 0 Å². The Morgan fingerprint density at radius 1 is 0.938 bits per heavy atom. The van der Waals surface area contributed by atoms with E-state index >= 15 is 0 Å². The minimum Gasteiger partial charge on any atom is -0.482 e. The van der Waals surface area contributed by atoms with E-state index in [1.165, 1.54) is 11.1 Å². The van der Waals surface area contributed by atoms with Gasteiger partial charge >= 0.3 is 5.97 Å². The lowest BCUT2D eigenvalue weighted by molar-refractivity contribution is -0.154. The van der Waals surface area contributed by atoms with Crippen molar-refractivity contribution in [1.82, 2.24) is 4.90 Å². The van der Waals surface area contributed by atoms with Crippen molar-refractivity contribution in [2.75, 3.05) is 31.6 Å². The molecule has 7 heteroatoms. The smallest absolute Gasteiger partial charge is 0.344 e. The minimum atomic E-state index is -0.573. The maximum Gasteiger partial charge on any atom is 0.344 e. The first-order valence-electron chi connectivity index (χ1n) is 11.1. The number of hydrogen-bond donors (Lipinski definition) is 1. The van der Waals surface area contributed by atoms with Gasteiger partial charge in [-0.2, -0.15) is 0 Å². The number of benzene rings is 2. The highest BCUT2D eigenvalue weighted by atomic mass is 16.6. The molecule has 2 aromatic carbocycles. The summed E-state index contributed by atoms with van der Waals surface area (Å²) in [5, 5.41) is 2.91. The van der Waals surface area contributed by atoms with Crippen LogP contribution in [0.25, 0.3) is 0 Å². The van der Waals surface area contributed by atoms with Crippen LogP contribution in [0.4, 0.5) is 5.69 Å². The van der Waals surface area contributed by atoms with Crippen molar-refractivity contribution < 1.29 is 23.9 Å². The van der Waals surface area contributed by atoms with Crippen LogP contribution >= 0.6 is 0 Å². The van der Waals surface area contributed by atoms with E-state index in [2.05, 4.69) is 5.32 Å². The molecule has 0 aromatic heterocycles. The van der Waals surface area contributed by atoms with Gasteiger partial charge in [0.05, 0.1) is 0 Å². The molecule has 0 bridgehead atoms. The van der Waals surface area contributed by atoms with Gasteiger partial charge < -0.3 is 19.7 Å². The second-order valence-electron chi connectivity index (χ2n) is 8.24. The van der Waals surface area contributed by atoms with Gasteiger partial charge in [0.2, 0.25) is 5.91 Å². The fourth-order valence-electron chi connectivity index (χ4n) is 4.21. The minimum absolute atomic E-state index is 0.0292. The zero-order valence-electron chi connectivity index (χ0n) is 18.0. The number of carbonyl (C=O) groups excluding carboxylic acids is 3. The van der Waals surface area contributed by atoms with E-state index in [1.807, 2.05) is 48.5 Å². The van der Waals surface area contributed by atoms with Crippen molar-refractivity contribution in [2.45, 2.75) is 32.1 Å². The van der Waals surface area contributed by atoms with Crippen molar-refractivity contribution in [1.29, 1.82) is 0 Å². The van der Waals surface area contributed by atoms with Crippen LogP contribution in [0.1, 0.15) is 30.4 Å². The second-order valence-corrected chi connectivity index (χ2v) is 8.24. The van der Waals surface area contributed by atoms with Crippen LogP contribution in [0.5, 0.6) is 5.75 Å². The Kier molecular flexibility index (Phi) is 7.04. The topological polar surface area (TPSA) is 84.9 Å². The number of rotatable bonds is 7. The van der Waals surface area contributed by atoms with Crippen molar-refractivity contribution in [3.05, 3.63) is 59.7 Å². The number of para-hydroxylation sites is 1. The van der Waals surface area contributed by atoms with Crippen LogP contribution in [-0.4, -0.2) is 49.0 Å². The molecule has 1 fully saturated rings. The number of esters is 1. The highest BCUT2D eigenvalue weighted by molar-refractivity contribution is 5.92. The van der Waals surface area contributed by atoms with Gasteiger partial charge in [-0.3, -0.25) is 9.59 Å². The fourth-order valence-corrected chi connectivity index (χ4v) is 4.21. The molecule has 4 rings (SSSR count). The quantitative estimate of drug-likeness (QED) is 0.675. The largest absolute Gasteiger partial charge is 0.482 e. The Labute approximate surface area is 187 Å². The molecule has 7 nitrogen and oxygen atoms in total. The number of ether oxygens (including phenoxy) is 2. The zero-order valence-corrected chi connectivity index (χ0v) is 18.0. The van der Waals surface area contributed by atoms with Gasteiger partial charge in [0.15, 0.2) is 13.2 Å². The standard InChI is InChI=1S/C25H28N2O5/c28-23(16-32-24(29)17-31-22-10-9-18-5-4-6-20(18)15-22)27-13-11-19(12-14-27)25(30)26-21-7-2-1-3-8-21/h1-3,7-10,15,19H,4-6,11-14,16-17H2,(H,26,30). The lowest BCUT2D eigenvalue weighted by Crippen LogP contribution is -2.43. The number of fused-ring (bicyclic) bond motifs is 1. The molecule has 32 heavy (non-hydrogen) atoms. The SMILES string of the molecule is O=C(COc1ccc2c(c1)CCC2)OCC(=O)N1CCC(C(=O)Nc2ccccc2)CC1. The maximum atomic E-state index is 12.4. The molecule has 0 radical (unpaired) electrons. The van der Waals surface area contributed by atoms with Crippen molar-refractivity contribution in [3.63, 3.8) is 0 Å². The first-order chi connectivity index (χ1) is 15.6. The molecular weight excluding hydrogens is 408 g/mol. The normalized spacial score (nSPS) is 15.7. The summed E-state index contributed by atoms with van der Waals surface area (Å²) in [6, 6.07) is 15.2. The van der Waals surface area contributed by atoms with E-state index in [0.29, 0.717) is 31.7 Å². The average Bonchev–Trinajstić information content (AvgIpc) is 3.30. The molecule has 168 valence electrons. The van der Waals surface area contributed by atoms with Gasteiger partial charge in [-0.25, -0.2) is 4.79 Å². The molecule has 0 atom stereocenters. The van der Waals surface area contributed by atoms with Crippen LogP contribution in [0.15, 0.2) is 48.5 Å². The van der Waals surface area contributed by atoms with E-state index in [9.17, 15) is 14.4 Å². The number of likely N-dealkylation sites (tertiary alicyclic amines) is 1. The van der Waals surface area contributed by atoms with Gasteiger partial charge in [0.1, 0.15) is 5.75 Å². The van der Waals surface area contributed by atoms with Crippen LogP contribution in [-0.2, 0) is 32.0 Å². The average molecular weight is 437 g/mol. The molecule has 0 unspecified atom stereocenters. The first kappa shape index (κ1) is 21.9. The monoisotopic (exact) mass is 436 g/mol. The van der Waals surface area contributed by atoms with E-state index in [-0.39, 0.29) is 30.9 Å². The molecule has 1 heterocycles. The van der Waals surface area contributed by atoms with Crippen molar-refractivity contribution in [2.24, 2.45) is 5.92 Å². The second kappa shape index (κ2) is 10.3. The maximum absolute atomic E-state index is 12.4. The molecule has 1 N–H and O–H groups in total. The molecular formula is C25H28N2O5. The number of hydrogen-bond acceptors (Lipinski definition) is 5. The number of amides is 2. The number of anilines is 1. The summed E-state index contributed by atoms with van der Waals surface area (Å²) in [6.45, 7) is 0.394. The number of aryl methyl sites for hydroxylation is 2. The molecule has 2 amide bonds. The molecule has 1 aliphatic carbocycles. The summed E-state index contributed by atoms with van der Waals surface area (Å²) in [5.74, 6) is -0.348. The van der Waals surface area contributed by atoms with Crippen molar-refractivity contribution >= 4 is 23.5 Å². The number of nitrogens with one attached hydrogen (secondary N) is 1. The van der Waals surface area contributed by atoms with Crippen LogP contribution in [0, 0.1) is 5.92 Å². The van der Waals surface area contributed by atoms with Gasteiger partial charge in [-0.15, -0.1) is 0 Å². The molecule has 0 saturated carbocycles. The zero-order chi connectivity index (χ0) is 22.3. The number of nitrogens with zero attached hydrogens (tertiary/aromatic N) is 1. The Bertz CT molecular complexity index is 968. The van der Waals surface area contributed by atoms with E-state index in [1.54, 1.807) is 4.90 Å². The Hall–Kier alpha value is -3.35. The predicted octanol–water partition coefficient (Wildman–Crippen LogP) is 2.97. The van der Waals surface area contributed by atoms with Gasteiger partial charge in [0.25, 0.3) is 5.91 Å². The molecule has 0 spiro atoms. The summed E-state index contributed by atoms with van der Waals surface area (Å²) in [6.07, 6.45) is 4.45. The first-order valence-corrected chi connectivity index (χ1v) is 11.1. The fraction of sp³-hybridized carbons (Fsp3) is 0.400.